The minimum atomic E-state index is -0.474. The summed E-state index contributed by atoms with van der Waals surface area (Å²) in [5, 5.41) is 12.3. The summed E-state index contributed by atoms with van der Waals surface area (Å²) in [7, 11) is 3.14. The number of halogens is 1. The molecule has 1 heterocycles. The summed E-state index contributed by atoms with van der Waals surface area (Å²) in [6, 6.07) is 5.01. The van der Waals surface area contributed by atoms with Gasteiger partial charge < -0.3 is 5.32 Å². The highest BCUT2D eigenvalue weighted by Crippen LogP contribution is 2.29. The average Bonchev–Trinajstić information content (AvgIpc) is 2.93. The molecular weight excluding hydrogens is 325 g/mol. The molecule has 0 bridgehead atoms. The SMILES string of the molecule is CCCCSSc1n[nH]c(NC(=O)Nc2ccc(F)cc2)n1. The van der Waals surface area contributed by atoms with Crippen LogP contribution in [0.2, 0.25) is 0 Å². The van der Waals surface area contributed by atoms with Gasteiger partial charge in [-0.05, 0) is 41.5 Å². The zero-order chi connectivity index (χ0) is 15.8. The summed E-state index contributed by atoms with van der Waals surface area (Å²) in [4.78, 5) is 15.9. The molecule has 0 aliphatic rings. The average molecular weight is 341 g/mol. The number of nitrogens with one attached hydrogen (secondary N) is 3. The smallest absolute Gasteiger partial charge is 0.308 e. The number of hydrogen-bond acceptors (Lipinski definition) is 5. The number of carbonyl (C=O) groups excluding carboxylic acids is 1. The third-order valence-corrected chi connectivity index (χ3v) is 4.72. The van der Waals surface area contributed by atoms with E-state index >= 15 is 0 Å². The van der Waals surface area contributed by atoms with Crippen LogP contribution in [0.1, 0.15) is 19.8 Å². The Morgan fingerprint density at radius 3 is 2.82 bits per heavy atom. The van der Waals surface area contributed by atoms with Gasteiger partial charge in [0, 0.05) is 11.4 Å². The number of hydrogen-bond donors (Lipinski definition) is 3. The number of rotatable bonds is 7. The van der Waals surface area contributed by atoms with E-state index in [0.29, 0.717) is 10.8 Å². The first-order chi connectivity index (χ1) is 10.7. The molecule has 0 aliphatic heterocycles. The molecule has 118 valence electrons. The second kappa shape index (κ2) is 8.64. The Balaban J connectivity index is 1.79. The molecule has 0 fully saturated rings. The first kappa shape index (κ1) is 16.6. The molecule has 2 amide bonds. The predicted octanol–water partition coefficient (Wildman–Crippen LogP) is 4.13. The normalized spacial score (nSPS) is 10.5. The van der Waals surface area contributed by atoms with Crippen molar-refractivity contribution in [2.75, 3.05) is 16.4 Å². The lowest BCUT2D eigenvalue weighted by molar-refractivity contribution is 0.262. The van der Waals surface area contributed by atoms with Crippen LogP contribution in [0.3, 0.4) is 0 Å². The van der Waals surface area contributed by atoms with Crippen molar-refractivity contribution in [1.82, 2.24) is 15.2 Å². The molecule has 0 radical (unpaired) electrons. The predicted molar refractivity (Wildman–Crippen MR) is 88.6 cm³/mol. The molecule has 0 saturated carbocycles. The second-order valence-electron chi connectivity index (χ2n) is 4.31. The van der Waals surface area contributed by atoms with Crippen LogP contribution in [0.15, 0.2) is 29.4 Å². The van der Waals surface area contributed by atoms with Gasteiger partial charge in [0.15, 0.2) is 0 Å². The Bertz CT molecular complexity index is 605. The van der Waals surface area contributed by atoms with Crippen LogP contribution in [0, 0.1) is 5.82 Å². The first-order valence-corrected chi connectivity index (χ1v) is 9.04. The molecule has 6 nitrogen and oxygen atoms in total. The summed E-state index contributed by atoms with van der Waals surface area (Å²) in [5.41, 5.74) is 0.489. The van der Waals surface area contributed by atoms with Crippen molar-refractivity contribution in [3.05, 3.63) is 30.1 Å². The highest BCUT2D eigenvalue weighted by molar-refractivity contribution is 8.76. The number of amides is 2. The van der Waals surface area contributed by atoms with Gasteiger partial charge in [-0.2, -0.15) is 4.98 Å². The number of benzene rings is 1. The van der Waals surface area contributed by atoms with Gasteiger partial charge in [-0.3, -0.25) is 5.32 Å². The molecule has 22 heavy (non-hydrogen) atoms. The van der Waals surface area contributed by atoms with E-state index in [-0.39, 0.29) is 11.8 Å². The Hall–Kier alpha value is -1.74. The Morgan fingerprint density at radius 2 is 2.09 bits per heavy atom. The number of unbranched alkanes of at least 4 members (excludes halogenated alkanes) is 1. The van der Waals surface area contributed by atoms with E-state index in [9.17, 15) is 9.18 Å². The van der Waals surface area contributed by atoms with E-state index in [1.54, 1.807) is 10.8 Å². The van der Waals surface area contributed by atoms with E-state index in [0.717, 1.165) is 18.6 Å². The second-order valence-corrected chi connectivity index (χ2v) is 6.69. The molecule has 0 aliphatic carbocycles. The number of urea groups is 1. The number of anilines is 2. The van der Waals surface area contributed by atoms with Crippen LogP contribution in [0.25, 0.3) is 0 Å². The topological polar surface area (TPSA) is 82.7 Å². The molecule has 1 aromatic heterocycles. The van der Waals surface area contributed by atoms with E-state index in [1.165, 1.54) is 35.1 Å². The third-order valence-electron chi connectivity index (χ3n) is 2.51. The molecule has 1 aromatic carbocycles. The maximum Gasteiger partial charge on any atom is 0.326 e. The summed E-state index contributed by atoms with van der Waals surface area (Å²) in [5.74, 6) is 0.936. The number of aromatic nitrogens is 3. The third kappa shape index (κ3) is 5.57. The van der Waals surface area contributed by atoms with E-state index < -0.39 is 6.03 Å². The van der Waals surface area contributed by atoms with Crippen molar-refractivity contribution in [2.24, 2.45) is 0 Å². The standard InChI is InChI=1S/C13H16FN5OS2/c1-2-3-8-21-22-13-17-11(18-19-13)16-12(20)15-10-6-4-9(14)5-7-10/h4-7H,2-3,8H2,1H3,(H3,15,16,17,18,19,20). The van der Waals surface area contributed by atoms with E-state index in [4.69, 9.17) is 0 Å². The minimum absolute atomic E-state index is 0.262. The number of aromatic amines is 1. The molecule has 2 rings (SSSR count). The van der Waals surface area contributed by atoms with E-state index in [2.05, 4.69) is 32.7 Å². The first-order valence-electron chi connectivity index (χ1n) is 6.73. The van der Waals surface area contributed by atoms with Gasteiger partial charge in [-0.1, -0.05) is 24.1 Å². The maximum atomic E-state index is 12.8. The molecule has 0 spiro atoms. The zero-order valence-electron chi connectivity index (χ0n) is 11.9. The van der Waals surface area contributed by atoms with Crippen LogP contribution in [0.4, 0.5) is 20.8 Å². The number of carbonyl (C=O) groups is 1. The van der Waals surface area contributed by atoms with Gasteiger partial charge in [-0.15, -0.1) is 5.10 Å². The van der Waals surface area contributed by atoms with Crippen molar-refractivity contribution in [1.29, 1.82) is 0 Å². The van der Waals surface area contributed by atoms with Crippen molar-refractivity contribution in [3.8, 4) is 0 Å². The summed E-state index contributed by atoms with van der Waals surface area (Å²) >= 11 is 0. The molecule has 0 saturated heterocycles. The quantitative estimate of drug-likeness (QED) is 0.521. The lowest BCUT2D eigenvalue weighted by Gasteiger charge is -2.04. The fourth-order valence-corrected chi connectivity index (χ4v) is 3.39. The summed E-state index contributed by atoms with van der Waals surface area (Å²) in [6.45, 7) is 2.14. The van der Waals surface area contributed by atoms with Crippen LogP contribution < -0.4 is 10.6 Å². The Morgan fingerprint density at radius 1 is 1.32 bits per heavy atom. The molecule has 9 heteroatoms. The van der Waals surface area contributed by atoms with Gasteiger partial charge in [0.1, 0.15) is 5.82 Å². The fourth-order valence-electron chi connectivity index (χ4n) is 1.44. The lowest BCUT2D eigenvalue weighted by Crippen LogP contribution is -2.20. The molecule has 3 N–H and O–H groups in total. The van der Waals surface area contributed by atoms with E-state index in [1.807, 2.05) is 0 Å². The van der Waals surface area contributed by atoms with Gasteiger partial charge in [0.25, 0.3) is 0 Å². The number of nitrogens with zero attached hydrogens (tertiary/aromatic N) is 2. The van der Waals surface area contributed by atoms with Crippen LogP contribution >= 0.6 is 21.6 Å². The largest absolute Gasteiger partial charge is 0.326 e. The molecule has 0 atom stereocenters. The highest BCUT2D eigenvalue weighted by Gasteiger charge is 2.08. The monoisotopic (exact) mass is 341 g/mol. The lowest BCUT2D eigenvalue weighted by atomic mass is 10.3. The molecular formula is C13H16FN5OS2. The zero-order valence-corrected chi connectivity index (χ0v) is 13.6. The summed E-state index contributed by atoms with van der Waals surface area (Å²) in [6.07, 6.45) is 2.30. The Kier molecular flexibility index (Phi) is 6.53. The van der Waals surface area contributed by atoms with Crippen LogP contribution in [-0.4, -0.2) is 27.0 Å². The fraction of sp³-hybridized carbons (Fsp3) is 0.308. The minimum Gasteiger partial charge on any atom is -0.308 e. The molecule has 2 aromatic rings. The van der Waals surface area contributed by atoms with Gasteiger partial charge in [0.05, 0.1) is 0 Å². The van der Waals surface area contributed by atoms with Gasteiger partial charge >= 0.3 is 6.03 Å². The van der Waals surface area contributed by atoms with Crippen LogP contribution in [-0.2, 0) is 0 Å². The molecule has 0 unspecified atom stereocenters. The van der Waals surface area contributed by atoms with Gasteiger partial charge in [-0.25, -0.2) is 14.3 Å². The van der Waals surface area contributed by atoms with Crippen molar-refractivity contribution < 1.29 is 9.18 Å². The van der Waals surface area contributed by atoms with Crippen molar-refractivity contribution >= 4 is 39.3 Å². The van der Waals surface area contributed by atoms with Gasteiger partial charge in [0.2, 0.25) is 11.1 Å². The summed E-state index contributed by atoms with van der Waals surface area (Å²) < 4.78 is 12.8. The highest BCUT2D eigenvalue weighted by atomic mass is 33.1. The van der Waals surface area contributed by atoms with Crippen molar-refractivity contribution in [3.63, 3.8) is 0 Å². The Labute approximate surface area is 135 Å². The van der Waals surface area contributed by atoms with Crippen LogP contribution in [0.5, 0.6) is 0 Å². The number of H-pyrrole nitrogens is 1. The maximum absolute atomic E-state index is 12.8. The van der Waals surface area contributed by atoms with Crippen molar-refractivity contribution in [2.45, 2.75) is 24.9 Å².